The number of anilines is 1. The Morgan fingerprint density at radius 2 is 2.17 bits per heavy atom. The Bertz CT molecular complexity index is 976. The van der Waals surface area contributed by atoms with Crippen molar-refractivity contribution in [2.75, 3.05) is 25.7 Å². The van der Waals surface area contributed by atoms with E-state index in [1.54, 1.807) is 31.4 Å². The summed E-state index contributed by atoms with van der Waals surface area (Å²) in [6.07, 6.45) is 2.52. The summed E-state index contributed by atoms with van der Waals surface area (Å²) in [5.74, 6) is 1.16. The first kappa shape index (κ1) is 21.1. The molecule has 0 bridgehead atoms. The average molecular weight is 436 g/mol. The molecule has 0 saturated carbocycles. The quantitative estimate of drug-likeness (QED) is 0.618. The van der Waals surface area contributed by atoms with Gasteiger partial charge in [0.25, 0.3) is 5.91 Å². The number of benzene rings is 1. The predicted molar refractivity (Wildman–Crippen MR) is 113 cm³/mol. The fraction of sp³-hybridized carbons (Fsp3) is 0.316. The van der Waals surface area contributed by atoms with Gasteiger partial charge in [0.1, 0.15) is 11.5 Å². The molecule has 1 aromatic carbocycles. The zero-order chi connectivity index (χ0) is 19.5. The van der Waals surface area contributed by atoms with Crippen LogP contribution in [0.3, 0.4) is 0 Å². The summed E-state index contributed by atoms with van der Waals surface area (Å²) in [5, 5.41) is 13.1. The third-order valence-corrected chi connectivity index (χ3v) is 5.52. The van der Waals surface area contributed by atoms with E-state index in [2.05, 4.69) is 20.5 Å². The largest absolute Gasteiger partial charge is 0.497 e. The maximum absolute atomic E-state index is 13.4. The summed E-state index contributed by atoms with van der Waals surface area (Å²) >= 11 is 1.41. The van der Waals surface area contributed by atoms with Gasteiger partial charge in [0, 0.05) is 54.0 Å². The summed E-state index contributed by atoms with van der Waals surface area (Å²) in [4.78, 5) is 19.4. The number of carbonyl (C=O) groups excluding carboxylic acids is 1. The molecule has 0 saturated heterocycles. The minimum Gasteiger partial charge on any atom is -0.497 e. The van der Waals surface area contributed by atoms with Gasteiger partial charge in [-0.3, -0.25) is 14.8 Å². The van der Waals surface area contributed by atoms with Crippen LogP contribution in [-0.2, 0) is 19.5 Å². The number of halogens is 1. The van der Waals surface area contributed by atoms with Crippen molar-refractivity contribution in [2.45, 2.75) is 19.5 Å². The first-order valence-electron chi connectivity index (χ1n) is 8.90. The Balaban J connectivity index is 0.00000240. The smallest absolute Gasteiger partial charge is 0.281 e. The highest BCUT2D eigenvalue weighted by Crippen LogP contribution is 2.30. The Morgan fingerprint density at radius 1 is 1.31 bits per heavy atom. The standard InChI is InChI=1S/C19H21N5O3S.ClH/c1-26-13-4-3-12(16(9-13)27-2)11-24(19-21-7-8-28-19)18(25)17-14-10-20-6-5-15(14)22-23-17;/h3-4,7-9,20H,5-6,10-11H2,1-2H3,(H,22,23);1H. The summed E-state index contributed by atoms with van der Waals surface area (Å²) in [5.41, 5.74) is 3.24. The molecular formula is C19H22ClN5O3S. The van der Waals surface area contributed by atoms with E-state index >= 15 is 0 Å². The van der Waals surface area contributed by atoms with Crippen LogP contribution in [0.2, 0.25) is 0 Å². The molecule has 0 aliphatic carbocycles. The number of hydrogen-bond acceptors (Lipinski definition) is 7. The molecule has 10 heteroatoms. The van der Waals surface area contributed by atoms with Crippen molar-refractivity contribution >= 4 is 34.8 Å². The molecule has 1 aliphatic heterocycles. The number of aromatic nitrogens is 3. The molecule has 0 atom stereocenters. The second-order valence-corrected chi connectivity index (χ2v) is 7.21. The highest BCUT2D eigenvalue weighted by molar-refractivity contribution is 7.13. The van der Waals surface area contributed by atoms with E-state index in [1.165, 1.54) is 11.3 Å². The normalized spacial score (nSPS) is 12.6. The third-order valence-electron chi connectivity index (χ3n) is 4.73. The first-order chi connectivity index (χ1) is 13.7. The second kappa shape index (κ2) is 9.25. The number of nitrogens with one attached hydrogen (secondary N) is 2. The molecule has 2 N–H and O–H groups in total. The number of fused-ring (bicyclic) bond motifs is 1. The molecule has 1 amide bonds. The van der Waals surface area contributed by atoms with Gasteiger partial charge in [0.05, 0.1) is 20.8 Å². The molecular weight excluding hydrogens is 414 g/mol. The van der Waals surface area contributed by atoms with Crippen molar-refractivity contribution in [3.8, 4) is 11.5 Å². The Hall–Kier alpha value is -2.62. The summed E-state index contributed by atoms with van der Waals surface area (Å²) in [6, 6.07) is 5.55. The maximum Gasteiger partial charge on any atom is 0.281 e. The minimum atomic E-state index is -0.186. The van der Waals surface area contributed by atoms with E-state index in [0.29, 0.717) is 35.4 Å². The van der Waals surface area contributed by atoms with Crippen LogP contribution in [-0.4, -0.2) is 41.9 Å². The lowest BCUT2D eigenvalue weighted by molar-refractivity contribution is 0.0979. The van der Waals surface area contributed by atoms with Crippen LogP contribution in [0.1, 0.15) is 27.3 Å². The Morgan fingerprint density at radius 3 is 2.90 bits per heavy atom. The van der Waals surface area contributed by atoms with Crippen molar-refractivity contribution in [2.24, 2.45) is 0 Å². The summed E-state index contributed by atoms with van der Waals surface area (Å²) in [7, 11) is 3.21. The Labute approximate surface area is 178 Å². The van der Waals surface area contributed by atoms with Crippen LogP contribution < -0.4 is 19.7 Å². The van der Waals surface area contributed by atoms with Gasteiger partial charge in [-0.25, -0.2) is 4.98 Å². The zero-order valence-electron chi connectivity index (χ0n) is 16.1. The predicted octanol–water partition coefficient (Wildman–Crippen LogP) is 2.80. The van der Waals surface area contributed by atoms with Gasteiger partial charge < -0.3 is 14.8 Å². The SMILES string of the molecule is COc1ccc(CN(C(=O)c2n[nH]c3c2CNCC3)c2nccs2)c(OC)c1.Cl. The number of rotatable bonds is 6. The fourth-order valence-corrected chi connectivity index (χ4v) is 3.90. The molecule has 3 aromatic rings. The highest BCUT2D eigenvalue weighted by atomic mass is 35.5. The monoisotopic (exact) mass is 435 g/mol. The Kier molecular flexibility index (Phi) is 6.73. The number of amides is 1. The average Bonchev–Trinajstić information content (AvgIpc) is 3.41. The number of nitrogens with zero attached hydrogens (tertiary/aromatic N) is 3. The molecule has 1 aliphatic rings. The molecule has 2 aromatic heterocycles. The van der Waals surface area contributed by atoms with Crippen molar-refractivity contribution < 1.29 is 14.3 Å². The highest BCUT2D eigenvalue weighted by Gasteiger charge is 2.28. The van der Waals surface area contributed by atoms with Gasteiger partial charge in [-0.15, -0.1) is 23.7 Å². The van der Waals surface area contributed by atoms with E-state index < -0.39 is 0 Å². The second-order valence-electron chi connectivity index (χ2n) is 6.34. The zero-order valence-corrected chi connectivity index (χ0v) is 17.7. The van der Waals surface area contributed by atoms with Crippen LogP contribution >= 0.6 is 23.7 Å². The van der Waals surface area contributed by atoms with Crippen LogP contribution in [0.25, 0.3) is 0 Å². The maximum atomic E-state index is 13.4. The lowest BCUT2D eigenvalue weighted by atomic mass is 10.1. The summed E-state index contributed by atoms with van der Waals surface area (Å²) in [6.45, 7) is 1.82. The van der Waals surface area contributed by atoms with Gasteiger partial charge in [-0.2, -0.15) is 5.10 Å². The van der Waals surface area contributed by atoms with E-state index in [-0.39, 0.29) is 18.3 Å². The van der Waals surface area contributed by atoms with Crippen LogP contribution in [0.5, 0.6) is 11.5 Å². The topological polar surface area (TPSA) is 92.4 Å². The van der Waals surface area contributed by atoms with Gasteiger partial charge in [0.2, 0.25) is 0 Å². The lowest BCUT2D eigenvalue weighted by Gasteiger charge is -2.22. The first-order valence-corrected chi connectivity index (χ1v) is 9.78. The van der Waals surface area contributed by atoms with E-state index in [4.69, 9.17) is 9.47 Å². The van der Waals surface area contributed by atoms with Crippen molar-refractivity contribution in [3.63, 3.8) is 0 Å². The molecule has 29 heavy (non-hydrogen) atoms. The van der Waals surface area contributed by atoms with Crippen LogP contribution in [0.15, 0.2) is 29.8 Å². The third kappa shape index (κ3) is 4.21. The van der Waals surface area contributed by atoms with Crippen LogP contribution in [0, 0.1) is 0 Å². The van der Waals surface area contributed by atoms with Gasteiger partial charge >= 0.3 is 0 Å². The number of ether oxygens (including phenoxy) is 2. The molecule has 4 rings (SSSR count). The number of H-pyrrole nitrogens is 1. The van der Waals surface area contributed by atoms with Crippen molar-refractivity contribution in [1.29, 1.82) is 0 Å². The van der Waals surface area contributed by atoms with E-state index in [9.17, 15) is 4.79 Å². The van der Waals surface area contributed by atoms with E-state index in [1.807, 2.05) is 17.5 Å². The fourth-order valence-electron chi connectivity index (χ4n) is 3.26. The molecule has 154 valence electrons. The molecule has 8 nitrogen and oxygen atoms in total. The number of methoxy groups -OCH3 is 2. The van der Waals surface area contributed by atoms with E-state index in [0.717, 1.165) is 29.8 Å². The molecule has 0 radical (unpaired) electrons. The lowest BCUT2D eigenvalue weighted by Crippen LogP contribution is -2.33. The van der Waals surface area contributed by atoms with Crippen LogP contribution in [0.4, 0.5) is 5.13 Å². The number of carbonyl (C=O) groups is 1. The number of hydrogen-bond donors (Lipinski definition) is 2. The minimum absolute atomic E-state index is 0. The molecule has 3 heterocycles. The summed E-state index contributed by atoms with van der Waals surface area (Å²) < 4.78 is 10.8. The molecule has 0 spiro atoms. The van der Waals surface area contributed by atoms with Gasteiger partial charge in [-0.05, 0) is 12.1 Å². The van der Waals surface area contributed by atoms with Crippen molar-refractivity contribution in [1.82, 2.24) is 20.5 Å². The van der Waals surface area contributed by atoms with Crippen molar-refractivity contribution in [3.05, 3.63) is 52.3 Å². The van der Waals surface area contributed by atoms with Gasteiger partial charge in [0.15, 0.2) is 10.8 Å². The van der Waals surface area contributed by atoms with Gasteiger partial charge in [-0.1, -0.05) is 0 Å². The number of thiazole rings is 1. The molecule has 0 unspecified atom stereocenters. The number of aromatic amines is 1. The molecule has 0 fully saturated rings.